The van der Waals surface area contributed by atoms with Gasteiger partial charge in [0.25, 0.3) is 11.7 Å². The first-order valence-corrected chi connectivity index (χ1v) is 11.7. The van der Waals surface area contributed by atoms with Crippen LogP contribution in [0.15, 0.2) is 66.5 Å². The summed E-state index contributed by atoms with van der Waals surface area (Å²) in [4.78, 5) is 34.6. The zero-order chi connectivity index (χ0) is 24.4. The highest BCUT2D eigenvalue weighted by atomic mass is 16.5. The van der Waals surface area contributed by atoms with Crippen molar-refractivity contribution >= 4 is 17.4 Å². The van der Waals surface area contributed by atoms with Gasteiger partial charge in [-0.1, -0.05) is 24.3 Å². The van der Waals surface area contributed by atoms with Gasteiger partial charge in [0.2, 0.25) is 0 Å². The third-order valence-corrected chi connectivity index (χ3v) is 6.53. The topological polar surface area (TPSA) is 101 Å². The van der Waals surface area contributed by atoms with Crippen molar-refractivity contribution in [1.29, 1.82) is 0 Å². The van der Waals surface area contributed by atoms with Crippen molar-refractivity contribution in [3.05, 3.63) is 83.4 Å². The number of aliphatic hydroxyl groups is 1. The maximum atomic E-state index is 13.3. The molecule has 180 valence electrons. The Morgan fingerprint density at radius 2 is 1.80 bits per heavy atom. The summed E-state index contributed by atoms with van der Waals surface area (Å²) < 4.78 is 7.10. The van der Waals surface area contributed by atoms with Crippen LogP contribution in [0.25, 0.3) is 11.4 Å². The molecule has 2 aliphatic rings. The number of rotatable bonds is 6. The fourth-order valence-corrected chi connectivity index (χ4v) is 4.65. The Kier molecular flexibility index (Phi) is 6.43. The zero-order valence-electron chi connectivity index (χ0n) is 19.5. The molecular formula is C26H27N5O4. The Morgan fingerprint density at radius 3 is 2.51 bits per heavy atom. The minimum absolute atomic E-state index is 0.0337. The van der Waals surface area contributed by atoms with E-state index >= 15 is 0 Å². The van der Waals surface area contributed by atoms with Crippen molar-refractivity contribution in [3.8, 4) is 5.69 Å². The molecule has 0 saturated carbocycles. The summed E-state index contributed by atoms with van der Waals surface area (Å²) >= 11 is 0. The van der Waals surface area contributed by atoms with Gasteiger partial charge in [-0.25, -0.2) is 4.68 Å². The molecule has 9 heteroatoms. The van der Waals surface area contributed by atoms with Gasteiger partial charge in [0.05, 0.1) is 47.6 Å². The van der Waals surface area contributed by atoms with Crippen LogP contribution in [0.3, 0.4) is 0 Å². The Bertz CT molecular complexity index is 1250. The maximum absolute atomic E-state index is 13.3. The zero-order valence-corrected chi connectivity index (χ0v) is 19.5. The number of amides is 1. The molecule has 0 radical (unpaired) electrons. The minimum atomic E-state index is -0.781. The standard InChI is InChI=1S/C26H27N5O4/c1-18-20(17-28-31(18)19-7-3-2-4-8-19)24(32)22-23(21-9-5-6-10-27-21)30(26(34)25(22)33)12-11-29-13-15-35-16-14-29/h2-10,17,23,32H,11-16H2,1H3/b24-22+. The molecule has 0 bridgehead atoms. The molecule has 3 aromatic rings. The quantitative estimate of drug-likeness (QED) is 0.333. The lowest BCUT2D eigenvalue weighted by Crippen LogP contribution is -2.42. The summed E-state index contributed by atoms with van der Waals surface area (Å²) in [6, 6.07) is 14.1. The Labute approximate surface area is 203 Å². The highest BCUT2D eigenvalue weighted by molar-refractivity contribution is 6.46. The highest BCUT2D eigenvalue weighted by Crippen LogP contribution is 2.39. The lowest BCUT2D eigenvalue weighted by Gasteiger charge is -2.30. The van der Waals surface area contributed by atoms with Crippen LogP contribution in [0, 0.1) is 6.92 Å². The first kappa shape index (κ1) is 22.9. The van der Waals surface area contributed by atoms with Crippen molar-refractivity contribution in [2.75, 3.05) is 39.4 Å². The molecule has 2 aromatic heterocycles. The summed E-state index contributed by atoms with van der Waals surface area (Å²) in [5, 5.41) is 15.8. The molecule has 0 aliphatic carbocycles. The monoisotopic (exact) mass is 473 g/mol. The second-order valence-electron chi connectivity index (χ2n) is 8.59. The molecule has 5 rings (SSSR count). The summed E-state index contributed by atoms with van der Waals surface area (Å²) in [5.41, 5.74) is 2.46. The number of carbonyl (C=O) groups excluding carboxylic acids is 2. The Balaban J connectivity index is 1.54. The van der Waals surface area contributed by atoms with Crippen LogP contribution in [-0.4, -0.2) is 80.8 Å². The van der Waals surface area contributed by atoms with E-state index in [0.717, 1.165) is 18.8 Å². The molecule has 2 saturated heterocycles. The van der Waals surface area contributed by atoms with Gasteiger partial charge in [0, 0.05) is 32.4 Å². The number of carbonyl (C=O) groups is 2. The van der Waals surface area contributed by atoms with Crippen LogP contribution in [0.5, 0.6) is 0 Å². The molecule has 2 aliphatic heterocycles. The van der Waals surface area contributed by atoms with E-state index in [2.05, 4.69) is 15.0 Å². The fraction of sp³-hybridized carbons (Fsp3) is 0.308. The first-order valence-electron chi connectivity index (χ1n) is 11.7. The second-order valence-corrected chi connectivity index (χ2v) is 8.59. The van der Waals surface area contributed by atoms with Crippen LogP contribution in [0.4, 0.5) is 0 Å². The number of pyridine rings is 1. The third-order valence-electron chi connectivity index (χ3n) is 6.53. The van der Waals surface area contributed by atoms with Gasteiger partial charge in [-0.3, -0.25) is 19.5 Å². The normalized spacial score (nSPS) is 20.5. The summed E-state index contributed by atoms with van der Waals surface area (Å²) in [6.07, 6.45) is 3.14. The lowest BCUT2D eigenvalue weighted by atomic mass is 9.98. The summed E-state index contributed by atoms with van der Waals surface area (Å²) in [6.45, 7) is 5.60. The SMILES string of the molecule is Cc1c(/C(O)=C2\C(=O)C(=O)N(CCN3CCOCC3)C2c2ccccn2)cnn1-c1ccccc1. The van der Waals surface area contributed by atoms with Gasteiger partial charge < -0.3 is 14.7 Å². The minimum Gasteiger partial charge on any atom is -0.507 e. The number of Topliss-reactive ketones (excluding diaryl/α,β-unsaturated/α-hetero) is 1. The van der Waals surface area contributed by atoms with Crippen LogP contribution in [-0.2, 0) is 14.3 Å². The number of aromatic nitrogens is 3. The summed E-state index contributed by atoms with van der Waals surface area (Å²) in [7, 11) is 0. The largest absolute Gasteiger partial charge is 0.507 e. The number of nitrogens with zero attached hydrogens (tertiary/aromatic N) is 5. The van der Waals surface area contributed by atoms with Gasteiger partial charge in [0.15, 0.2) is 0 Å². The van der Waals surface area contributed by atoms with E-state index < -0.39 is 17.7 Å². The molecule has 2 fully saturated rings. The number of hydrogen-bond acceptors (Lipinski definition) is 7. The predicted molar refractivity (Wildman–Crippen MR) is 129 cm³/mol. The van der Waals surface area contributed by atoms with Gasteiger partial charge >= 0.3 is 0 Å². The molecule has 9 nitrogen and oxygen atoms in total. The van der Waals surface area contributed by atoms with E-state index in [0.29, 0.717) is 43.3 Å². The molecule has 1 N–H and O–H groups in total. The molecule has 1 unspecified atom stereocenters. The average Bonchev–Trinajstić information content (AvgIpc) is 3.41. The van der Waals surface area contributed by atoms with E-state index in [1.54, 1.807) is 23.0 Å². The molecule has 0 spiro atoms. The molecule has 4 heterocycles. The van der Waals surface area contributed by atoms with Crippen LogP contribution >= 0.6 is 0 Å². The van der Waals surface area contributed by atoms with Crippen molar-refractivity contribution in [2.45, 2.75) is 13.0 Å². The van der Waals surface area contributed by atoms with Crippen molar-refractivity contribution in [2.24, 2.45) is 0 Å². The lowest BCUT2D eigenvalue weighted by molar-refractivity contribution is -0.140. The smallest absolute Gasteiger partial charge is 0.295 e. The predicted octanol–water partition coefficient (Wildman–Crippen LogP) is 2.33. The number of para-hydroxylation sites is 1. The van der Waals surface area contributed by atoms with Gasteiger partial charge in [-0.15, -0.1) is 0 Å². The highest BCUT2D eigenvalue weighted by Gasteiger charge is 2.47. The van der Waals surface area contributed by atoms with Crippen LogP contribution < -0.4 is 0 Å². The Hall–Kier alpha value is -3.82. The second kappa shape index (κ2) is 9.81. The van der Waals surface area contributed by atoms with E-state index in [4.69, 9.17) is 4.74 Å². The first-order chi connectivity index (χ1) is 17.1. The molecular weight excluding hydrogens is 446 g/mol. The number of likely N-dealkylation sites (tertiary alicyclic amines) is 1. The molecule has 1 aromatic carbocycles. The fourth-order valence-electron chi connectivity index (χ4n) is 4.65. The van der Waals surface area contributed by atoms with E-state index in [1.165, 1.54) is 11.1 Å². The van der Waals surface area contributed by atoms with Crippen LogP contribution in [0.2, 0.25) is 0 Å². The molecule has 1 atom stereocenters. The Morgan fingerprint density at radius 1 is 1.06 bits per heavy atom. The molecule has 35 heavy (non-hydrogen) atoms. The van der Waals surface area contributed by atoms with Gasteiger partial charge in [-0.05, 0) is 31.2 Å². The summed E-state index contributed by atoms with van der Waals surface area (Å²) in [5.74, 6) is -1.59. The third kappa shape index (κ3) is 4.36. The van der Waals surface area contributed by atoms with Gasteiger partial charge in [0.1, 0.15) is 11.8 Å². The van der Waals surface area contributed by atoms with E-state index in [9.17, 15) is 14.7 Å². The van der Waals surface area contributed by atoms with E-state index in [-0.39, 0.29) is 11.3 Å². The number of benzene rings is 1. The van der Waals surface area contributed by atoms with Crippen LogP contribution in [0.1, 0.15) is 23.0 Å². The maximum Gasteiger partial charge on any atom is 0.295 e. The number of ketones is 1. The van der Waals surface area contributed by atoms with Gasteiger partial charge in [-0.2, -0.15) is 5.10 Å². The number of morpholine rings is 1. The van der Waals surface area contributed by atoms with Crippen molar-refractivity contribution in [1.82, 2.24) is 24.6 Å². The number of hydrogen-bond donors (Lipinski definition) is 1. The number of aliphatic hydroxyl groups excluding tert-OH is 1. The van der Waals surface area contributed by atoms with E-state index in [1.807, 2.05) is 43.3 Å². The average molecular weight is 474 g/mol. The number of ether oxygens (including phenoxy) is 1. The van der Waals surface area contributed by atoms with Crippen molar-refractivity contribution < 1.29 is 19.4 Å². The van der Waals surface area contributed by atoms with Crippen molar-refractivity contribution in [3.63, 3.8) is 0 Å². The molecule has 1 amide bonds.